The maximum absolute atomic E-state index is 13.2. The van der Waals surface area contributed by atoms with Gasteiger partial charge in [-0.1, -0.05) is 15.9 Å². The lowest BCUT2D eigenvalue weighted by molar-refractivity contribution is 0.210. The molecule has 2 heterocycles. The fourth-order valence-electron chi connectivity index (χ4n) is 2.42. The van der Waals surface area contributed by atoms with Crippen LogP contribution in [-0.4, -0.2) is 33.2 Å². The topological polar surface area (TPSA) is 68.7 Å². The van der Waals surface area contributed by atoms with Crippen molar-refractivity contribution in [3.05, 3.63) is 41.0 Å². The van der Waals surface area contributed by atoms with Gasteiger partial charge in [0, 0.05) is 10.7 Å². The van der Waals surface area contributed by atoms with Gasteiger partial charge in [0.2, 0.25) is 5.88 Å². The largest absolute Gasteiger partial charge is 0.495 e. The summed E-state index contributed by atoms with van der Waals surface area (Å²) in [6.07, 6.45) is 1.27. The van der Waals surface area contributed by atoms with Crippen LogP contribution < -0.4 is 13.8 Å². The van der Waals surface area contributed by atoms with Gasteiger partial charge in [0.1, 0.15) is 22.4 Å². The normalized spacial score (nSPS) is 17.3. The number of hydrogen-bond donors (Lipinski definition) is 0. The number of sulfonamides is 1. The Bertz CT molecular complexity index is 841. The second-order valence-electron chi connectivity index (χ2n) is 5.09. The van der Waals surface area contributed by atoms with Crippen molar-refractivity contribution in [3.63, 3.8) is 0 Å². The smallest absolute Gasteiger partial charge is 0.268 e. The number of methoxy groups -OCH3 is 1. The quantitative estimate of drug-likeness (QED) is 0.794. The summed E-state index contributed by atoms with van der Waals surface area (Å²) in [7, 11) is -2.37. The number of benzene rings is 1. The summed E-state index contributed by atoms with van der Waals surface area (Å²) < 4.78 is 39.1. The molecule has 1 aromatic carbocycles. The fraction of sp³-hybridized carbons (Fsp3) is 0.267. The highest BCUT2D eigenvalue weighted by Crippen LogP contribution is 2.37. The van der Waals surface area contributed by atoms with Gasteiger partial charge in [-0.25, -0.2) is 13.4 Å². The first kappa shape index (κ1) is 16.1. The van der Waals surface area contributed by atoms with E-state index in [9.17, 15) is 8.42 Å². The maximum atomic E-state index is 13.2. The van der Waals surface area contributed by atoms with Crippen molar-refractivity contribution in [3.8, 4) is 11.6 Å². The standard InChI is InChI=1S/C15H15BrN2O4S/c1-10-9-18(12-4-3-7-17-15(12)22-10)23(19,20)14-8-11(16)5-6-13(14)21-2/h3-8,10H,9H2,1-2H3/t10-/m0/s1. The number of aromatic nitrogens is 1. The SMILES string of the molecule is COc1ccc(Br)cc1S(=O)(=O)N1C[C@H](C)Oc2ncccc21. The number of anilines is 1. The number of rotatable bonds is 3. The molecular weight excluding hydrogens is 384 g/mol. The summed E-state index contributed by atoms with van der Waals surface area (Å²) in [6.45, 7) is 2.01. The molecular formula is C15H15BrN2O4S. The first-order valence-electron chi connectivity index (χ1n) is 6.91. The van der Waals surface area contributed by atoms with E-state index in [0.717, 1.165) is 0 Å². The third kappa shape index (κ3) is 2.88. The van der Waals surface area contributed by atoms with E-state index < -0.39 is 10.0 Å². The molecule has 23 heavy (non-hydrogen) atoms. The first-order chi connectivity index (χ1) is 10.9. The van der Waals surface area contributed by atoms with Gasteiger partial charge in [-0.2, -0.15) is 0 Å². The van der Waals surface area contributed by atoms with Crippen molar-refractivity contribution < 1.29 is 17.9 Å². The average molecular weight is 399 g/mol. The van der Waals surface area contributed by atoms with E-state index in [0.29, 0.717) is 16.0 Å². The van der Waals surface area contributed by atoms with Crippen LogP contribution in [0.4, 0.5) is 5.69 Å². The number of nitrogens with zero attached hydrogens (tertiary/aromatic N) is 2. The molecule has 0 amide bonds. The van der Waals surface area contributed by atoms with Crippen molar-refractivity contribution in [1.82, 2.24) is 4.98 Å². The highest BCUT2D eigenvalue weighted by atomic mass is 79.9. The molecule has 3 rings (SSSR count). The summed E-state index contributed by atoms with van der Waals surface area (Å²) in [5.74, 6) is 0.599. The molecule has 8 heteroatoms. The molecule has 122 valence electrons. The Balaban J connectivity index is 2.16. The molecule has 0 saturated carbocycles. The Hall–Kier alpha value is -1.80. The first-order valence-corrected chi connectivity index (χ1v) is 9.14. The number of pyridine rings is 1. The summed E-state index contributed by atoms with van der Waals surface area (Å²) in [5.41, 5.74) is 0.424. The lowest BCUT2D eigenvalue weighted by atomic mass is 10.3. The van der Waals surface area contributed by atoms with Crippen LogP contribution >= 0.6 is 15.9 Å². The highest BCUT2D eigenvalue weighted by molar-refractivity contribution is 9.10. The van der Waals surface area contributed by atoms with Crippen molar-refractivity contribution in [2.75, 3.05) is 18.0 Å². The number of hydrogen-bond acceptors (Lipinski definition) is 5. The second-order valence-corrected chi connectivity index (χ2v) is 7.83. The third-order valence-corrected chi connectivity index (χ3v) is 5.74. The summed E-state index contributed by atoms with van der Waals surface area (Å²) in [6, 6.07) is 8.24. The van der Waals surface area contributed by atoms with Gasteiger partial charge in [-0.3, -0.25) is 4.31 Å². The maximum Gasteiger partial charge on any atom is 0.268 e. The number of ether oxygens (including phenoxy) is 2. The van der Waals surface area contributed by atoms with E-state index in [-0.39, 0.29) is 23.3 Å². The Morgan fingerprint density at radius 2 is 2.17 bits per heavy atom. The molecule has 6 nitrogen and oxygen atoms in total. The Labute approximate surface area is 143 Å². The third-order valence-electron chi connectivity index (χ3n) is 3.45. The van der Waals surface area contributed by atoms with E-state index in [2.05, 4.69) is 20.9 Å². The van der Waals surface area contributed by atoms with E-state index in [1.54, 1.807) is 37.4 Å². The molecule has 1 aliphatic heterocycles. The number of fused-ring (bicyclic) bond motifs is 1. The zero-order chi connectivity index (χ0) is 16.6. The van der Waals surface area contributed by atoms with Gasteiger partial charge < -0.3 is 9.47 Å². The zero-order valence-corrected chi connectivity index (χ0v) is 15.0. The highest BCUT2D eigenvalue weighted by Gasteiger charge is 2.35. The summed E-state index contributed by atoms with van der Waals surface area (Å²) >= 11 is 3.31. The Kier molecular flexibility index (Phi) is 4.20. The average Bonchev–Trinajstić information content (AvgIpc) is 2.54. The van der Waals surface area contributed by atoms with Crippen LogP contribution in [0.25, 0.3) is 0 Å². The second kappa shape index (κ2) is 6.01. The van der Waals surface area contributed by atoms with Crippen LogP contribution in [0.15, 0.2) is 45.9 Å². The van der Waals surface area contributed by atoms with Gasteiger partial charge in [-0.15, -0.1) is 0 Å². The predicted molar refractivity (Wildman–Crippen MR) is 89.6 cm³/mol. The van der Waals surface area contributed by atoms with Gasteiger partial charge in [0.05, 0.1) is 13.7 Å². The fourth-order valence-corrected chi connectivity index (χ4v) is 4.66. The molecule has 2 aromatic rings. The zero-order valence-electron chi connectivity index (χ0n) is 12.6. The minimum absolute atomic E-state index is 0.0956. The van der Waals surface area contributed by atoms with E-state index in [1.165, 1.54) is 17.5 Å². The van der Waals surface area contributed by atoms with Crippen LogP contribution in [-0.2, 0) is 10.0 Å². The monoisotopic (exact) mass is 398 g/mol. The Morgan fingerprint density at radius 1 is 1.39 bits per heavy atom. The van der Waals surface area contributed by atoms with E-state index in [1.807, 2.05) is 0 Å². The summed E-state index contributed by atoms with van der Waals surface area (Å²) in [4.78, 5) is 4.21. The molecule has 1 atom stereocenters. The molecule has 0 aliphatic carbocycles. The van der Waals surface area contributed by atoms with Crippen molar-refractivity contribution in [1.29, 1.82) is 0 Å². The molecule has 0 N–H and O–H groups in total. The van der Waals surface area contributed by atoms with E-state index >= 15 is 0 Å². The molecule has 0 fully saturated rings. The minimum Gasteiger partial charge on any atom is -0.495 e. The van der Waals surface area contributed by atoms with Crippen LogP contribution in [0.1, 0.15) is 6.92 Å². The lowest BCUT2D eigenvalue weighted by Gasteiger charge is -2.33. The van der Waals surface area contributed by atoms with Gasteiger partial charge in [0.25, 0.3) is 10.0 Å². The molecule has 0 bridgehead atoms. The molecule has 0 saturated heterocycles. The molecule has 0 radical (unpaired) electrons. The van der Waals surface area contributed by atoms with Gasteiger partial charge in [0.15, 0.2) is 0 Å². The summed E-state index contributed by atoms with van der Waals surface area (Å²) in [5, 5.41) is 0. The number of halogens is 1. The van der Waals surface area contributed by atoms with Crippen LogP contribution in [0.3, 0.4) is 0 Å². The van der Waals surface area contributed by atoms with Gasteiger partial charge in [-0.05, 0) is 37.3 Å². The lowest BCUT2D eigenvalue weighted by Crippen LogP contribution is -2.42. The van der Waals surface area contributed by atoms with Gasteiger partial charge >= 0.3 is 0 Å². The van der Waals surface area contributed by atoms with Crippen LogP contribution in [0.2, 0.25) is 0 Å². The minimum atomic E-state index is -3.82. The molecule has 1 aliphatic rings. The Morgan fingerprint density at radius 3 is 2.91 bits per heavy atom. The van der Waals surface area contributed by atoms with Crippen LogP contribution in [0, 0.1) is 0 Å². The van der Waals surface area contributed by atoms with Crippen LogP contribution in [0.5, 0.6) is 11.6 Å². The molecule has 0 spiro atoms. The van der Waals surface area contributed by atoms with Crippen molar-refractivity contribution >= 4 is 31.6 Å². The molecule has 1 aromatic heterocycles. The van der Waals surface area contributed by atoms with Crippen molar-refractivity contribution in [2.24, 2.45) is 0 Å². The van der Waals surface area contributed by atoms with Crippen molar-refractivity contribution in [2.45, 2.75) is 17.9 Å². The van der Waals surface area contributed by atoms with E-state index in [4.69, 9.17) is 9.47 Å². The predicted octanol–water partition coefficient (Wildman–Crippen LogP) is 2.83. The molecule has 0 unspecified atom stereocenters.